The minimum absolute atomic E-state index is 0.0414. The number of aliphatic carboxylic acids is 1. The molecule has 19 heteroatoms. The normalized spacial score (nSPS) is 20.3. The maximum Gasteiger partial charge on any atom is 0.412 e. The molecule has 8 rings (SSSR count). The van der Waals surface area contributed by atoms with Crippen LogP contribution >= 0.6 is 23.2 Å². The molecule has 0 aliphatic carbocycles. The molecule has 404 valence electrons. The summed E-state index contributed by atoms with van der Waals surface area (Å²) >= 11 is 12.0. The largest absolute Gasteiger partial charge is 0.478 e. The van der Waals surface area contributed by atoms with E-state index < -0.39 is 29.4 Å². The number of benzene rings is 4. The Morgan fingerprint density at radius 2 is 1.01 bits per heavy atom. The second-order valence-electron chi connectivity index (χ2n) is 21.4. The van der Waals surface area contributed by atoms with Crippen LogP contribution in [0.5, 0.6) is 0 Å². The summed E-state index contributed by atoms with van der Waals surface area (Å²) in [7, 11) is 4.27. The fourth-order valence-corrected chi connectivity index (χ4v) is 9.87. The van der Waals surface area contributed by atoms with Gasteiger partial charge in [-0.15, -0.1) is 0 Å². The van der Waals surface area contributed by atoms with Crippen molar-refractivity contribution in [3.05, 3.63) is 141 Å². The predicted octanol–water partition coefficient (Wildman–Crippen LogP) is 9.56. The highest BCUT2D eigenvalue weighted by molar-refractivity contribution is 6.31. The Morgan fingerprint density at radius 1 is 0.613 bits per heavy atom. The topological polar surface area (TPSA) is 159 Å². The van der Waals surface area contributed by atoms with Crippen LogP contribution in [-0.4, -0.2) is 155 Å². The zero-order chi connectivity index (χ0) is 54.6. The lowest BCUT2D eigenvalue weighted by Crippen LogP contribution is -2.68. The average molecular weight is 1080 g/mol. The van der Waals surface area contributed by atoms with Crippen molar-refractivity contribution in [3.8, 4) is 0 Å². The standard InChI is InChI=1S/C28H34ClFN4O3.C14H16ClNO4.C14H20FN3/c1-28(2,3)37-27(36)31-25-13-21(29)9-7-20(25)8-12-26(35)34-23-15-32(4)16-24(34)18-33(17-23)14-19-5-10-22(30)11-6-19;1-14(2,3)20-13(19)16-11-8-10(15)6-4-9(11)5-7-12(17)18;1-17-7-13-9-18(10-14(8-17)16-13)6-11-2-4-12(15)5-3-11/h5-13,23-24H,14-18H2,1-4H3,(H,31,36);4-8H,1-3H3,(H,16,19)(H,17,18);2-5,13-14,16H,6-10H2,1H3/b12-8+;7-5+;. The van der Waals surface area contributed by atoms with E-state index >= 15 is 0 Å². The Kier molecular flexibility index (Phi) is 20.4. The lowest BCUT2D eigenvalue weighted by molar-refractivity contribution is -0.140. The number of rotatable bonds is 10. The molecular formula is C56H70Cl2F2N8O7. The number of nitrogens with zero attached hydrogens (tertiary/aromatic N) is 5. The first-order valence-electron chi connectivity index (χ1n) is 24.9. The highest BCUT2D eigenvalue weighted by Crippen LogP contribution is 2.28. The van der Waals surface area contributed by atoms with E-state index in [2.05, 4.69) is 49.6 Å². The Morgan fingerprint density at radius 3 is 1.43 bits per heavy atom. The molecule has 3 amide bonds. The van der Waals surface area contributed by atoms with Gasteiger partial charge < -0.3 is 34.6 Å². The molecule has 4 atom stereocenters. The van der Waals surface area contributed by atoms with Crippen molar-refractivity contribution in [1.29, 1.82) is 0 Å². The Labute approximate surface area is 449 Å². The molecule has 4 fully saturated rings. The van der Waals surface area contributed by atoms with Crippen molar-refractivity contribution < 1.29 is 42.5 Å². The van der Waals surface area contributed by atoms with Gasteiger partial charge in [0.05, 0.1) is 23.5 Å². The number of nitrogens with one attached hydrogen (secondary N) is 3. The number of anilines is 2. The summed E-state index contributed by atoms with van der Waals surface area (Å²) in [5.41, 5.74) is 3.01. The smallest absolute Gasteiger partial charge is 0.412 e. The average Bonchev–Trinajstić information content (AvgIpc) is 3.28. The van der Waals surface area contributed by atoms with Gasteiger partial charge in [0.25, 0.3) is 0 Å². The van der Waals surface area contributed by atoms with Crippen LogP contribution in [0.3, 0.4) is 0 Å². The Balaban J connectivity index is 0.000000202. The molecule has 15 nitrogen and oxygen atoms in total. The van der Waals surface area contributed by atoms with Crippen LogP contribution < -0.4 is 16.0 Å². The lowest BCUT2D eigenvalue weighted by Gasteiger charge is -2.52. The van der Waals surface area contributed by atoms with E-state index in [1.54, 1.807) is 96.2 Å². The van der Waals surface area contributed by atoms with Gasteiger partial charge in [-0.05, 0) is 139 Å². The van der Waals surface area contributed by atoms with Gasteiger partial charge in [-0.25, -0.2) is 23.2 Å². The number of carbonyl (C=O) groups is 4. The molecule has 0 saturated carbocycles. The van der Waals surface area contributed by atoms with Crippen molar-refractivity contribution in [2.45, 2.75) is 90.0 Å². The van der Waals surface area contributed by atoms with Gasteiger partial charge >= 0.3 is 18.2 Å². The number of ether oxygens (including phenoxy) is 2. The number of hydrogen-bond acceptors (Lipinski definition) is 11. The van der Waals surface area contributed by atoms with Gasteiger partial charge in [0, 0.05) is 99.7 Å². The number of hydrogen-bond donors (Lipinski definition) is 4. The maximum atomic E-state index is 13.4. The third-order valence-electron chi connectivity index (χ3n) is 12.3. The second kappa shape index (κ2) is 26.2. The first-order chi connectivity index (χ1) is 35.3. The molecule has 4 heterocycles. The molecular weight excluding hydrogens is 1010 g/mol. The van der Waals surface area contributed by atoms with Crippen LogP contribution in [0.15, 0.2) is 97.1 Å². The number of halogens is 4. The van der Waals surface area contributed by atoms with E-state index in [1.807, 2.05) is 29.2 Å². The molecule has 0 spiro atoms. The van der Waals surface area contributed by atoms with Crippen LogP contribution in [0.4, 0.5) is 29.7 Å². The molecule has 4 aliphatic rings. The molecule has 4 aliphatic heterocycles. The maximum absolute atomic E-state index is 13.4. The van der Waals surface area contributed by atoms with Gasteiger partial charge in [-0.3, -0.25) is 25.2 Å². The second-order valence-corrected chi connectivity index (χ2v) is 22.3. The van der Waals surface area contributed by atoms with Crippen LogP contribution in [0.1, 0.15) is 63.8 Å². The summed E-state index contributed by atoms with van der Waals surface area (Å²) in [5.74, 6) is -1.54. The van der Waals surface area contributed by atoms with Crippen LogP contribution in [0, 0.1) is 11.6 Å². The van der Waals surface area contributed by atoms with Crippen LogP contribution in [0.25, 0.3) is 12.2 Å². The van der Waals surface area contributed by atoms with Gasteiger partial charge in [-0.1, -0.05) is 59.6 Å². The van der Waals surface area contributed by atoms with Gasteiger partial charge in [-0.2, -0.15) is 0 Å². The van der Waals surface area contributed by atoms with Gasteiger partial charge in [0.2, 0.25) is 5.91 Å². The number of likely N-dealkylation sites (N-methyl/N-ethyl adjacent to an activating group) is 2. The zero-order valence-electron chi connectivity index (χ0n) is 43.9. The van der Waals surface area contributed by atoms with Crippen molar-refractivity contribution >= 4 is 70.8 Å². The fraction of sp³-hybridized carbons (Fsp3) is 0.429. The molecule has 4 N–H and O–H groups in total. The summed E-state index contributed by atoms with van der Waals surface area (Å²) in [6.45, 7) is 19.7. The summed E-state index contributed by atoms with van der Waals surface area (Å²) in [5, 5.41) is 18.4. The Bertz CT molecular complexity index is 2630. The monoisotopic (exact) mass is 1070 g/mol. The van der Waals surface area contributed by atoms with E-state index in [0.29, 0.717) is 44.6 Å². The van der Waals surface area contributed by atoms with E-state index in [1.165, 1.54) is 29.8 Å². The van der Waals surface area contributed by atoms with Gasteiger partial charge in [0.1, 0.15) is 22.8 Å². The van der Waals surface area contributed by atoms with Crippen molar-refractivity contribution in [1.82, 2.24) is 29.8 Å². The first-order valence-corrected chi connectivity index (χ1v) is 25.7. The van der Waals surface area contributed by atoms with Crippen molar-refractivity contribution in [3.63, 3.8) is 0 Å². The highest BCUT2D eigenvalue weighted by Gasteiger charge is 2.41. The van der Waals surface area contributed by atoms with E-state index in [-0.39, 0.29) is 29.6 Å². The highest BCUT2D eigenvalue weighted by atomic mass is 35.5. The third kappa shape index (κ3) is 19.3. The molecule has 4 aromatic carbocycles. The van der Waals surface area contributed by atoms with E-state index in [9.17, 15) is 28.0 Å². The molecule has 4 saturated heterocycles. The summed E-state index contributed by atoms with van der Waals surface area (Å²) in [6, 6.07) is 24.5. The SMILES string of the molecule is CC(C)(C)OC(=O)Nc1cc(Cl)ccc1/C=C/C(=O)O.CN1CC2CN(Cc3ccc(F)cc3)CC(C1)N2.CN1CC2CN(Cc3ccc(F)cc3)CC(C1)N2C(=O)/C=C/c1ccc(Cl)cc1NC(=O)OC(C)(C)C. The fourth-order valence-electron chi connectivity index (χ4n) is 9.53. The molecule has 0 radical (unpaired) electrons. The summed E-state index contributed by atoms with van der Waals surface area (Å²) < 4.78 is 36.7. The molecule has 4 unspecified atom stereocenters. The number of carboxylic acid groups (broad SMARTS) is 1. The Hall–Kier alpha value is -5.92. The zero-order valence-corrected chi connectivity index (χ0v) is 45.4. The third-order valence-corrected chi connectivity index (χ3v) is 12.7. The van der Waals surface area contributed by atoms with E-state index in [0.717, 1.165) is 77.1 Å². The summed E-state index contributed by atoms with van der Waals surface area (Å²) in [4.78, 5) is 59.4. The predicted molar refractivity (Wildman–Crippen MR) is 292 cm³/mol. The first kappa shape index (κ1) is 58.3. The molecule has 75 heavy (non-hydrogen) atoms. The molecule has 4 bridgehead atoms. The van der Waals surface area contributed by atoms with Crippen molar-refractivity contribution in [2.75, 3.05) is 77.1 Å². The van der Waals surface area contributed by atoms with Gasteiger partial charge in [0.15, 0.2) is 0 Å². The lowest BCUT2D eigenvalue weighted by atomic mass is 9.99. The molecule has 0 aromatic heterocycles. The molecule has 4 aromatic rings. The number of piperazine rings is 4. The van der Waals surface area contributed by atoms with Crippen molar-refractivity contribution in [2.24, 2.45) is 0 Å². The van der Waals surface area contributed by atoms with Crippen LogP contribution in [-0.2, 0) is 32.2 Å². The quantitative estimate of drug-likeness (QED) is 0.112. The van der Waals surface area contributed by atoms with E-state index in [4.69, 9.17) is 37.8 Å². The number of amides is 3. The number of fused-ring (bicyclic) bond motifs is 4. The number of carbonyl (C=O) groups excluding carboxylic acids is 3. The van der Waals surface area contributed by atoms with Crippen LogP contribution in [0.2, 0.25) is 10.0 Å². The number of carboxylic acids is 1. The minimum atomic E-state index is -1.08. The minimum Gasteiger partial charge on any atom is -0.478 e. The summed E-state index contributed by atoms with van der Waals surface area (Å²) in [6.07, 6.45) is 4.38.